The maximum absolute atomic E-state index is 12.6. The van der Waals surface area contributed by atoms with E-state index < -0.39 is 27.9 Å². The third-order valence-corrected chi connectivity index (χ3v) is 4.28. The summed E-state index contributed by atoms with van der Waals surface area (Å²) in [5.74, 6) is -0.533. The van der Waals surface area contributed by atoms with Gasteiger partial charge in [0.25, 0.3) is 5.56 Å². The van der Waals surface area contributed by atoms with Gasteiger partial charge in [-0.3, -0.25) is 18.8 Å². The third kappa shape index (κ3) is 9.21. The predicted octanol–water partition coefficient (Wildman–Crippen LogP) is 3.08. The maximum Gasteiger partial charge on any atom is 0.434 e. The van der Waals surface area contributed by atoms with Crippen LogP contribution in [-0.2, 0) is 20.5 Å². The van der Waals surface area contributed by atoms with Gasteiger partial charge in [0.15, 0.2) is 5.69 Å². The molecule has 34 heavy (non-hydrogen) atoms. The maximum atomic E-state index is 12.6. The lowest BCUT2D eigenvalue weighted by molar-refractivity contribution is -0.145. The van der Waals surface area contributed by atoms with Crippen LogP contribution in [0.5, 0.6) is 0 Å². The number of aryl methyl sites for hydroxylation is 2. The quantitative estimate of drug-likeness (QED) is 0.387. The molecule has 0 aliphatic heterocycles. The first-order valence-corrected chi connectivity index (χ1v) is 10.4. The number of hydrogen-bond donors (Lipinski definition) is 1. The number of nitrogen functional groups attached to an aromatic ring is 1. The molecular formula is C20H22BrF3N6O4. The fraction of sp³-hybridized carbons (Fsp3) is 0.350. The van der Waals surface area contributed by atoms with Gasteiger partial charge in [0.2, 0.25) is 11.7 Å². The van der Waals surface area contributed by atoms with Gasteiger partial charge in [0.05, 0.1) is 6.61 Å². The molecule has 2 N–H and O–H groups in total. The molecule has 3 rings (SSSR count). The molecule has 0 fully saturated rings. The summed E-state index contributed by atoms with van der Waals surface area (Å²) in [4.78, 5) is 47.0. The van der Waals surface area contributed by atoms with Crippen LogP contribution in [0.15, 0.2) is 33.8 Å². The van der Waals surface area contributed by atoms with Crippen molar-refractivity contribution in [3.8, 4) is 0 Å². The van der Waals surface area contributed by atoms with Gasteiger partial charge in [0, 0.05) is 23.8 Å². The van der Waals surface area contributed by atoms with Crippen LogP contribution in [0, 0.1) is 13.8 Å². The molecule has 0 amide bonds. The van der Waals surface area contributed by atoms with Crippen LogP contribution in [-0.4, -0.2) is 42.7 Å². The normalized spacial score (nSPS) is 10.5. The first-order valence-electron chi connectivity index (χ1n) is 9.59. The second-order valence-electron chi connectivity index (χ2n) is 6.56. The van der Waals surface area contributed by atoms with Crippen LogP contribution >= 0.6 is 15.9 Å². The Bertz CT molecular complexity index is 1200. The highest BCUT2D eigenvalue weighted by atomic mass is 79.9. The Morgan fingerprint density at radius 3 is 2.24 bits per heavy atom. The first-order chi connectivity index (χ1) is 15.8. The average molecular weight is 547 g/mol. The molecule has 0 spiro atoms. The lowest BCUT2D eigenvalue weighted by Gasteiger charge is -2.09. The highest BCUT2D eigenvalue weighted by molar-refractivity contribution is 9.10. The van der Waals surface area contributed by atoms with E-state index in [1.165, 1.54) is 19.2 Å². The van der Waals surface area contributed by atoms with E-state index in [4.69, 9.17) is 5.73 Å². The molecule has 3 aromatic rings. The summed E-state index contributed by atoms with van der Waals surface area (Å²) in [7, 11) is 0. The lowest BCUT2D eigenvalue weighted by atomic mass is 10.3. The van der Waals surface area contributed by atoms with Crippen LogP contribution in [0.2, 0.25) is 0 Å². The largest absolute Gasteiger partial charge is 0.466 e. The molecule has 0 aliphatic carbocycles. The molecule has 0 unspecified atom stereocenters. The van der Waals surface area contributed by atoms with Gasteiger partial charge in [-0.1, -0.05) is 0 Å². The SMILES string of the molecule is CCOC(=O)CC(C)=O.Cc1ccn2c(=O)c(Br)c(C(F)(F)F)nc2n1.Cc1ccnc(N)n1. The van der Waals surface area contributed by atoms with Gasteiger partial charge in [0.1, 0.15) is 16.7 Å². The number of nitrogens with zero attached hydrogens (tertiary/aromatic N) is 5. The number of hydrogen-bond acceptors (Lipinski definition) is 9. The number of Topliss-reactive ketones (excluding diaryl/α,β-unsaturated/α-hetero) is 1. The van der Waals surface area contributed by atoms with Crippen molar-refractivity contribution >= 4 is 39.4 Å². The Morgan fingerprint density at radius 1 is 1.15 bits per heavy atom. The monoisotopic (exact) mass is 546 g/mol. The second-order valence-corrected chi connectivity index (χ2v) is 7.35. The zero-order chi connectivity index (χ0) is 26.1. The summed E-state index contributed by atoms with van der Waals surface area (Å²) >= 11 is 2.61. The number of esters is 1. The molecule has 184 valence electrons. The zero-order valence-electron chi connectivity index (χ0n) is 18.7. The Hall–Kier alpha value is -3.42. The minimum atomic E-state index is -4.70. The van der Waals surface area contributed by atoms with Gasteiger partial charge in [-0.05, 0) is 55.8 Å². The number of carbonyl (C=O) groups is 2. The molecule has 3 heterocycles. The van der Waals surface area contributed by atoms with E-state index >= 15 is 0 Å². The van der Waals surface area contributed by atoms with E-state index in [1.54, 1.807) is 26.1 Å². The number of ether oxygens (including phenoxy) is 1. The van der Waals surface area contributed by atoms with Crippen molar-refractivity contribution in [3.63, 3.8) is 0 Å². The highest BCUT2D eigenvalue weighted by Gasteiger charge is 2.37. The lowest BCUT2D eigenvalue weighted by Crippen LogP contribution is -2.23. The van der Waals surface area contributed by atoms with Gasteiger partial charge >= 0.3 is 12.1 Å². The Morgan fingerprint density at radius 2 is 1.76 bits per heavy atom. The van der Waals surface area contributed by atoms with Crippen LogP contribution < -0.4 is 11.3 Å². The summed E-state index contributed by atoms with van der Waals surface area (Å²) < 4.78 is 42.6. The Labute approximate surface area is 200 Å². The van der Waals surface area contributed by atoms with Crippen molar-refractivity contribution in [2.45, 2.75) is 40.3 Å². The molecule has 0 atom stereocenters. The minimum Gasteiger partial charge on any atom is -0.466 e. The second kappa shape index (κ2) is 12.7. The van der Waals surface area contributed by atoms with Gasteiger partial charge in [-0.25, -0.2) is 19.9 Å². The summed E-state index contributed by atoms with van der Waals surface area (Å²) in [6.07, 6.45) is -1.83. The summed E-state index contributed by atoms with van der Waals surface area (Å²) in [6.45, 7) is 6.88. The zero-order valence-corrected chi connectivity index (χ0v) is 20.3. The molecule has 0 bridgehead atoms. The van der Waals surface area contributed by atoms with E-state index in [9.17, 15) is 27.6 Å². The van der Waals surface area contributed by atoms with Crippen molar-refractivity contribution in [3.05, 3.63) is 56.4 Å². The first kappa shape index (κ1) is 28.6. The number of aromatic nitrogens is 5. The number of halogens is 4. The van der Waals surface area contributed by atoms with E-state index in [0.29, 0.717) is 18.2 Å². The van der Waals surface area contributed by atoms with Crippen molar-refractivity contribution in [2.75, 3.05) is 12.3 Å². The standard InChI is InChI=1S/C9H5BrF3N3O.C6H10O3.C5H7N3/c1-4-2-3-16-7(17)5(10)6(9(11,12)13)15-8(16)14-4;1-3-9-6(8)4-5(2)7;1-4-2-3-7-5(6)8-4/h2-3H,1H3;3-4H2,1-2H3;2-3H,1H3,(H2,6,7,8). The smallest absolute Gasteiger partial charge is 0.434 e. The average Bonchev–Trinajstić information content (AvgIpc) is 2.70. The predicted molar refractivity (Wildman–Crippen MR) is 120 cm³/mol. The number of anilines is 1. The Kier molecular flexibility index (Phi) is 10.7. The van der Waals surface area contributed by atoms with Gasteiger partial charge in [-0.15, -0.1) is 0 Å². The van der Waals surface area contributed by atoms with E-state index in [0.717, 1.165) is 10.1 Å². The fourth-order valence-electron chi connectivity index (χ4n) is 2.16. The minimum absolute atomic E-state index is 0.103. The molecule has 0 aromatic carbocycles. The van der Waals surface area contributed by atoms with Crippen molar-refractivity contribution < 1.29 is 27.5 Å². The third-order valence-electron chi connectivity index (χ3n) is 3.56. The van der Waals surface area contributed by atoms with Gasteiger partial charge < -0.3 is 10.5 Å². The number of carbonyl (C=O) groups excluding carboxylic acids is 2. The number of alkyl halides is 3. The van der Waals surface area contributed by atoms with Crippen LogP contribution in [0.25, 0.3) is 5.78 Å². The summed E-state index contributed by atoms with van der Waals surface area (Å²) in [5.41, 5.74) is 4.51. The molecule has 0 saturated heterocycles. The van der Waals surface area contributed by atoms with Crippen LogP contribution in [0.3, 0.4) is 0 Å². The molecule has 0 saturated carbocycles. The highest BCUT2D eigenvalue weighted by Crippen LogP contribution is 2.31. The van der Waals surface area contributed by atoms with E-state index in [1.807, 2.05) is 6.92 Å². The molecule has 3 aromatic heterocycles. The molecule has 14 heteroatoms. The molecular weight excluding hydrogens is 525 g/mol. The number of nitrogens with two attached hydrogens (primary N) is 1. The summed E-state index contributed by atoms with van der Waals surface area (Å²) in [6, 6.07) is 3.31. The number of rotatable bonds is 3. The molecule has 0 aliphatic rings. The van der Waals surface area contributed by atoms with E-state index in [2.05, 4.69) is 40.6 Å². The van der Waals surface area contributed by atoms with E-state index in [-0.39, 0.29) is 18.0 Å². The van der Waals surface area contributed by atoms with Gasteiger partial charge in [-0.2, -0.15) is 13.2 Å². The number of fused-ring (bicyclic) bond motifs is 1. The number of ketones is 1. The summed E-state index contributed by atoms with van der Waals surface area (Å²) in [5, 5.41) is 0. The fourth-order valence-corrected chi connectivity index (χ4v) is 2.67. The van der Waals surface area contributed by atoms with Crippen LogP contribution in [0.1, 0.15) is 37.4 Å². The molecule has 0 radical (unpaired) electrons. The van der Waals surface area contributed by atoms with Crippen LogP contribution in [0.4, 0.5) is 19.1 Å². The topological polar surface area (TPSA) is 142 Å². The van der Waals surface area contributed by atoms with Crippen molar-refractivity contribution in [1.82, 2.24) is 24.3 Å². The van der Waals surface area contributed by atoms with Crippen molar-refractivity contribution in [2.24, 2.45) is 0 Å². The molecule has 10 nitrogen and oxygen atoms in total. The van der Waals surface area contributed by atoms with Crippen molar-refractivity contribution in [1.29, 1.82) is 0 Å². The Balaban J connectivity index is 0.000000287.